The first-order valence-electron chi connectivity index (χ1n) is 17.5. The van der Waals surface area contributed by atoms with Crippen LogP contribution >= 0.6 is 0 Å². The van der Waals surface area contributed by atoms with E-state index in [1.165, 1.54) is 5.56 Å². The van der Waals surface area contributed by atoms with Crippen LogP contribution in [-0.2, 0) is 5.60 Å². The number of aliphatic hydroxyl groups is 1. The fraction of sp³-hybridized carbons (Fsp3) is 0.174. The molecule has 2 heterocycles. The van der Waals surface area contributed by atoms with E-state index in [1.807, 2.05) is 91.9 Å². The van der Waals surface area contributed by atoms with E-state index in [0.29, 0.717) is 19.0 Å². The zero-order valence-corrected chi connectivity index (χ0v) is 30.2. The van der Waals surface area contributed by atoms with Crippen LogP contribution in [0.25, 0.3) is 11.1 Å². The van der Waals surface area contributed by atoms with Gasteiger partial charge in [-0.25, -0.2) is 0 Å². The van der Waals surface area contributed by atoms with Crippen molar-refractivity contribution in [1.82, 2.24) is 0 Å². The summed E-state index contributed by atoms with van der Waals surface area (Å²) >= 11 is 0. The van der Waals surface area contributed by atoms with Crippen molar-refractivity contribution in [2.75, 3.05) is 27.4 Å². The van der Waals surface area contributed by atoms with E-state index in [0.717, 1.165) is 67.3 Å². The lowest BCUT2D eigenvalue weighted by atomic mass is 9.71. The quantitative estimate of drug-likeness (QED) is 0.159. The monoisotopic (exact) mass is 706 g/mol. The molecule has 2 aliphatic rings. The summed E-state index contributed by atoms with van der Waals surface area (Å²) in [5.41, 5.74) is 8.82. The van der Waals surface area contributed by atoms with Gasteiger partial charge in [-0.3, -0.25) is 0 Å². The lowest BCUT2D eigenvalue weighted by molar-refractivity contribution is 0.0106. The molecular weight excluding hydrogens is 664 g/mol. The molecule has 0 saturated carbocycles. The number of ether oxygens (including phenoxy) is 4. The number of aryl methyl sites for hydroxylation is 2. The molecule has 7 nitrogen and oxygen atoms in total. The van der Waals surface area contributed by atoms with Gasteiger partial charge in [-0.1, -0.05) is 78.4 Å². The number of hydrogen-bond acceptors (Lipinski definition) is 7. The van der Waals surface area contributed by atoms with Gasteiger partial charge in [0.05, 0.1) is 26.7 Å². The second-order valence-corrected chi connectivity index (χ2v) is 13.4. The number of aromatic hydroxyl groups is 2. The Bertz CT molecular complexity index is 2240. The van der Waals surface area contributed by atoms with E-state index in [4.69, 9.17) is 18.9 Å². The third-order valence-corrected chi connectivity index (χ3v) is 9.97. The average Bonchev–Trinajstić information content (AvgIpc) is 3.18. The highest BCUT2D eigenvalue weighted by Gasteiger charge is 2.46. The molecule has 0 bridgehead atoms. The summed E-state index contributed by atoms with van der Waals surface area (Å²) in [5, 5.41) is 31.5. The van der Waals surface area contributed by atoms with Crippen molar-refractivity contribution in [2.24, 2.45) is 0 Å². The normalized spacial score (nSPS) is 17.3. The molecule has 8 rings (SSSR count). The molecular formula is C46H42O7. The standard InChI is InChI=1S/C24H24O3.C22H18O4/c1-16-4-7-18(8-5-16)22-15-27-23-14-17(2)6-13-21(23)24(22,25)19-9-11-20(26-3)12-10-19;1-25-18-9-4-15(5-10-18)22-19-11-8-17(24)12-21(19)26-13-20(22)14-2-6-16(23)7-3-14/h4-14,22,25H,15H2,1-3H3;2-12,23-24H,13H2,1H3. The third kappa shape index (κ3) is 7.04. The number of phenols is 2. The number of rotatable bonds is 6. The van der Waals surface area contributed by atoms with Crippen LogP contribution in [0.4, 0.5) is 0 Å². The van der Waals surface area contributed by atoms with Crippen molar-refractivity contribution in [1.29, 1.82) is 0 Å². The number of methoxy groups -OCH3 is 2. The zero-order chi connectivity index (χ0) is 37.1. The largest absolute Gasteiger partial charge is 0.508 e. The third-order valence-electron chi connectivity index (χ3n) is 9.97. The van der Waals surface area contributed by atoms with E-state index in [9.17, 15) is 15.3 Å². The molecule has 6 aromatic rings. The van der Waals surface area contributed by atoms with Gasteiger partial charge in [0.1, 0.15) is 46.7 Å². The first-order valence-corrected chi connectivity index (χ1v) is 17.5. The molecule has 6 aromatic carbocycles. The van der Waals surface area contributed by atoms with Gasteiger partial charge in [-0.05, 0) is 102 Å². The highest BCUT2D eigenvalue weighted by Crippen LogP contribution is 2.50. The Morgan fingerprint density at radius 1 is 0.604 bits per heavy atom. The highest BCUT2D eigenvalue weighted by atomic mass is 16.5. The van der Waals surface area contributed by atoms with Crippen molar-refractivity contribution in [3.63, 3.8) is 0 Å². The van der Waals surface area contributed by atoms with Crippen LogP contribution in [-0.4, -0.2) is 42.8 Å². The van der Waals surface area contributed by atoms with E-state index < -0.39 is 5.60 Å². The first-order chi connectivity index (χ1) is 25.7. The van der Waals surface area contributed by atoms with Gasteiger partial charge in [0.25, 0.3) is 0 Å². The van der Waals surface area contributed by atoms with Gasteiger partial charge in [0.2, 0.25) is 0 Å². The maximum absolute atomic E-state index is 12.1. The Balaban J connectivity index is 0.000000164. The van der Waals surface area contributed by atoms with Gasteiger partial charge < -0.3 is 34.3 Å². The second-order valence-electron chi connectivity index (χ2n) is 13.4. The number of benzene rings is 6. The molecule has 53 heavy (non-hydrogen) atoms. The number of fused-ring (bicyclic) bond motifs is 2. The lowest BCUT2D eigenvalue weighted by Crippen LogP contribution is -2.41. The second kappa shape index (κ2) is 14.8. The fourth-order valence-electron chi connectivity index (χ4n) is 7.08. The maximum atomic E-state index is 12.1. The topological polar surface area (TPSA) is 97.6 Å². The molecule has 2 aliphatic heterocycles. The van der Waals surface area contributed by atoms with E-state index in [2.05, 4.69) is 31.2 Å². The summed E-state index contributed by atoms with van der Waals surface area (Å²) in [5.74, 6) is 3.15. The Labute approximate surface area is 310 Å². The summed E-state index contributed by atoms with van der Waals surface area (Å²) < 4.78 is 22.5. The molecule has 0 spiro atoms. The van der Waals surface area contributed by atoms with Crippen molar-refractivity contribution in [3.8, 4) is 34.5 Å². The van der Waals surface area contributed by atoms with Crippen molar-refractivity contribution < 1.29 is 34.3 Å². The van der Waals surface area contributed by atoms with Crippen LogP contribution in [0.1, 0.15) is 50.4 Å². The minimum absolute atomic E-state index is 0.172. The SMILES string of the molecule is COc1ccc(C2(O)c3ccc(C)cc3OCC2c2ccc(C)cc2)cc1.COc1ccc(C2=C(c3ccc(O)cc3)COc3cc(O)ccc32)cc1. The Morgan fingerprint density at radius 2 is 1.21 bits per heavy atom. The first kappa shape index (κ1) is 35.2. The Kier molecular flexibility index (Phi) is 9.85. The molecule has 2 unspecified atom stereocenters. The smallest absolute Gasteiger partial charge is 0.131 e. The summed E-state index contributed by atoms with van der Waals surface area (Å²) in [7, 11) is 3.29. The number of hydrogen-bond donors (Lipinski definition) is 3. The fourth-order valence-corrected chi connectivity index (χ4v) is 7.08. The predicted octanol–water partition coefficient (Wildman–Crippen LogP) is 9.18. The van der Waals surface area contributed by atoms with Crippen LogP contribution in [0.3, 0.4) is 0 Å². The molecule has 0 aromatic heterocycles. The van der Waals surface area contributed by atoms with Crippen molar-refractivity contribution in [2.45, 2.75) is 25.4 Å². The summed E-state index contributed by atoms with van der Waals surface area (Å²) in [6.45, 7) is 4.89. The van der Waals surface area contributed by atoms with Crippen LogP contribution in [0.5, 0.6) is 34.5 Å². The Hall–Kier alpha value is -6.18. The van der Waals surface area contributed by atoms with E-state index in [1.54, 1.807) is 38.5 Å². The maximum Gasteiger partial charge on any atom is 0.131 e. The highest BCUT2D eigenvalue weighted by molar-refractivity contribution is 6.01. The van der Waals surface area contributed by atoms with Gasteiger partial charge in [0.15, 0.2) is 0 Å². The summed E-state index contributed by atoms with van der Waals surface area (Å²) in [4.78, 5) is 0. The Morgan fingerprint density at radius 3 is 1.87 bits per heavy atom. The lowest BCUT2D eigenvalue weighted by Gasteiger charge is -2.42. The molecule has 3 N–H and O–H groups in total. The van der Waals surface area contributed by atoms with Gasteiger partial charge >= 0.3 is 0 Å². The minimum atomic E-state index is -1.18. The molecule has 2 atom stereocenters. The van der Waals surface area contributed by atoms with Gasteiger partial charge in [-0.2, -0.15) is 0 Å². The predicted molar refractivity (Wildman–Crippen MR) is 207 cm³/mol. The van der Waals surface area contributed by atoms with Crippen molar-refractivity contribution in [3.05, 3.63) is 178 Å². The molecule has 0 fully saturated rings. The van der Waals surface area contributed by atoms with Gasteiger partial charge in [-0.15, -0.1) is 0 Å². The molecule has 0 radical (unpaired) electrons. The summed E-state index contributed by atoms with van der Waals surface area (Å²) in [6, 6.07) is 42.1. The molecule has 7 heteroatoms. The van der Waals surface area contributed by atoms with Crippen LogP contribution < -0.4 is 18.9 Å². The van der Waals surface area contributed by atoms with Gasteiger partial charge in [0, 0.05) is 22.8 Å². The summed E-state index contributed by atoms with van der Waals surface area (Å²) in [6.07, 6.45) is 0. The molecule has 268 valence electrons. The van der Waals surface area contributed by atoms with Crippen molar-refractivity contribution >= 4 is 11.1 Å². The molecule has 0 saturated heterocycles. The van der Waals surface area contributed by atoms with Crippen LogP contribution in [0, 0.1) is 13.8 Å². The molecule has 0 aliphatic carbocycles. The zero-order valence-electron chi connectivity index (χ0n) is 30.2. The van der Waals surface area contributed by atoms with E-state index in [-0.39, 0.29) is 17.4 Å². The van der Waals surface area contributed by atoms with E-state index >= 15 is 0 Å². The average molecular weight is 707 g/mol. The van der Waals surface area contributed by atoms with Crippen LogP contribution in [0.2, 0.25) is 0 Å². The molecule has 0 amide bonds. The van der Waals surface area contributed by atoms with Crippen LogP contribution in [0.15, 0.2) is 133 Å². The number of phenolic OH excluding ortho intramolecular Hbond substituents is 2. The minimum Gasteiger partial charge on any atom is -0.508 e.